The third-order valence-electron chi connectivity index (χ3n) is 5.66. The monoisotopic (exact) mass is 442 g/mol. The first-order chi connectivity index (χ1) is 14.9. The van der Waals surface area contributed by atoms with Gasteiger partial charge in [-0.25, -0.2) is 4.39 Å². The number of methoxy groups -OCH3 is 1. The van der Waals surface area contributed by atoms with Crippen LogP contribution < -0.4 is 0 Å². The van der Waals surface area contributed by atoms with Gasteiger partial charge in [0, 0.05) is 30.1 Å². The Kier molecular flexibility index (Phi) is 6.29. The molecule has 31 heavy (non-hydrogen) atoms. The summed E-state index contributed by atoms with van der Waals surface area (Å²) in [5, 5.41) is 9.22. The number of carbonyl (C=O) groups is 1. The van der Waals surface area contributed by atoms with Gasteiger partial charge in [-0.05, 0) is 51.8 Å². The Labute approximate surface area is 185 Å². The third-order valence-corrected chi connectivity index (χ3v) is 6.60. The van der Waals surface area contributed by atoms with Gasteiger partial charge in [0.25, 0.3) is 0 Å². The molecule has 0 saturated heterocycles. The molecule has 0 radical (unpaired) electrons. The summed E-state index contributed by atoms with van der Waals surface area (Å²) in [7, 11) is 1.68. The lowest BCUT2D eigenvalue weighted by atomic mass is 10.2. The summed E-state index contributed by atoms with van der Waals surface area (Å²) in [4.78, 5) is 13.0. The van der Waals surface area contributed by atoms with Crippen LogP contribution in [0.1, 0.15) is 53.6 Å². The number of rotatable bonds is 9. The van der Waals surface area contributed by atoms with Gasteiger partial charge in [0.1, 0.15) is 5.82 Å². The maximum atomic E-state index is 14.3. The SMILES string of the molecule is COCC(C)n1c(C)cc(C(=O)CSc2nnc(-c3ccccc3F)n2C2CC2)c1C. The minimum atomic E-state index is -0.318. The summed E-state index contributed by atoms with van der Waals surface area (Å²) in [6.45, 7) is 6.64. The molecule has 1 atom stereocenters. The van der Waals surface area contributed by atoms with Crippen molar-refractivity contribution in [2.24, 2.45) is 0 Å². The van der Waals surface area contributed by atoms with E-state index in [1.807, 2.05) is 24.5 Å². The molecule has 3 aromatic rings. The first-order valence-electron chi connectivity index (χ1n) is 10.5. The Morgan fingerprint density at radius 1 is 1.29 bits per heavy atom. The first-order valence-corrected chi connectivity index (χ1v) is 11.4. The van der Waals surface area contributed by atoms with Crippen LogP contribution in [0, 0.1) is 19.7 Å². The van der Waals surface area contributed by atoms with Gasteiger partial charge < -0.3 is 9.30 Å². The molecule has 1 saturated carbocycles. The summed E-state index contributed by atoms with van der Waals surface area (Å²) in [5.74, 6) is 0.515. The normalized spacial score (nSPS) is 14.7. The standard InChI is InChI=1S/C23H27FN4O2S/c1-14-11-19(16(3)27(14)15(2)12-30-4)21(29)13-31-23-26-25-22(28(23)17-9-10-17)18-7-5-6-8-20(18)24/h5-8,11,15,17H,9-10,12-13H2,1-4H3. The number of thioether (sulfide) groups is 1. The molecule has 1 fully saturated rings. The van der Waals surface area contributed by atoms with Crippen LogP contribution in [0.3, 0.4) is 0 Å². The molecule has 1 aliphatic rings. The van der Waals surface area contributed by atoms with Crippen LogP contribution in [0.2, 0.25) is 0 Å². The number of benzene rings is 1. The Morgan fingerprint density at radius 3 is 2.71 bits per heavy atom. The van der Waals surface area contributed by atoms with Crippen LogP contribution >= 0.6 is 11.8 Å². The fourth-order valence-electron chi connectivity index (χ4n) is 4.12. The molecule has 0 N–H and O–H groups in total. The highest BCUT2D eigenvalue weighted by atomic mass is 32.2. The second-order valence-electron chi connectivity index (χ2n) is 8.06. The van der Waals surface area contributed by atoms with Crippen molar-refractivity contribution >= 4 is 17.5 Å². The first kappa shape index (κ1) is 21.8. The Morgan fingerprint density at radius 2 is 2.03 bits per heavy atom. The number of hydrogen-bond donors (Lipinski definition) is 0. The summed E-state index contributed by atoms with van der Waals surface area (Å²) in [6, 6.07) is 8.96. The fourth-order valence-corrected chi connectivity index (χ4v) is 5.01. The van der Waals surface area contributed by atoms with Crippen molar-refractivity contribution in [3.63, 3.8) is 0 Å². The third kappa shape index (κ3) is 4.32. The zero-order chi connectivity index (χ0) is 22.1. The van der Waals surface area contributed by atoms with Crippen molar-refractivity contribution in [1.29, 1.82) is 0 Å². The molecule has 6 nitrogen and oxygen atoms in total. The lowest BCUT2D eigenvalue weighted by molar-refractivity contribution is 0.102. The number of nitrogens with zero attached hydrogens (tertiary/aromatic N) is 4. The van der Waals surface area contributed by atoms with E-state index in [1.165, 1.54) is 17.8 Å². The quantitative estimate of drug-likeness (QED) is 0.344. The molecule has 0 bridgehead atoms. The average molecular weight is 443 g/mol. The zero-order valence-corrected chi connectivity index (χ0v) is 19.1. The van der Waals surface area contributed by atoms with E-state index in [-0.39, 0.29) is 29.4 Å². The number of ketones is 1. The van der Waals surface area contributed by atoms with Crippen molar-refractivity contribution < 1.29 is 13.9 Å². The van der Waals surface area contributed by atoms with Crippen LogP contribution in [0.25, 0.3) is 11.4 Å². The Balaban J connectivity index is 1.55. The summed E-state index contributed by atoms with van der Waals surface area (Å²) < 4.78 is 23.7. The van der Waals surface area contributed by atoms with E-state index in [1.54, 1.807) is 25.3 Å². The van der Waals surface area contributed by atoms with E-state index in [0.717, 1.165) is 29.8 Å². The zero-order valence-electron chi connectivity index (χ0n) is 18.3. The largest absolute Gasteiger partial charge is 0.383 e. The number of carbonyl (C=O) groups excluding carboxylic acids is 1. The van der Waals surface area contributed by atoms with E-state index < -0.39 is 0 Å². The predicted octanol–water partition coefficient (Wildman–Crippen LogP) is 5.02. The molecule has 2 heterocycles. The van der Waals surface area contributed by atoms with E-state index in [0.29, 0.717) is 23.2 Å². The van der Waals surface area contributed by atoms with Gasteiger partial charge in [0.15, 0.2) is 16.8 Å². The minimum absolute atomic E-state index is 0.0479. The van der Waals surface area contributed by atoms with Gasteiger partial charge in [-0.1, -0.05) is 23.9 Å². The minimum Gasteiger partial charge on any atom is -0.383 e. The molecule has 0 spiro atoms. The van der Waals surface area contributed by atoms with Gasteiger partial charge in [0.05, 0.1) is 24.0 Å². The lowest BCUT2D eigenvalue weighted by Crippen LogP contribution is -2.14. The molecule has 1 aliphatic carbocycles. The van der Waals surface area contributed by atoms with E-state index >= 15 is 0 Å². The summed E-state index contributed by atoms with van der Waals surface area (Å²) in [6.07, 6.45) is 2.03. The van der Waals surface area contributed by atoms with Crippen LogP contribution in [0.15, 0.2) is 35.5 Å². The van der Waals surface area contributed by atoms with E-state index in [4.69, 9.17) is 4.74 Å². The Bertz CT molecular complexity index is 1100. The molecule has 2 aromatic heterocycles. The molecular formula is C23H27FN4O2S. The predicted molar refractivity (Wildman–Crippen MR) is 119 cm³/mol. The number of aromatic nitrogens is 4. The van der Waals surface area contributed by atoms with Crippen molar-refractivity contribution in [3.8, 4) is 11.4 Å². The van der Waals surface area contributed by atoms with Gasteiger partial charge in [-0.2, -0.15) is 0 Å². The van der Waals surface area contributed by atoms with Crippen molar-refractivity contribution in [2.45, 2.75) is 50.9 Å². The highest BCUT2D eigenvalue weighted by Crippen LogP contribution is 2.41. The molecule has 0 amide bonds. The van der Waals surface area contributed by atoms with Gasteiger partial charge in [-0.15, -0.1) is 10.2 Å². The lowest BCUT2D eigenvalue weighted by Gasteiger charge is -2.17. The highest BCUT2D eigenvalue weighted by Gasteiger charge is 2.31. The summed E-state index contributed by atoms with van der Waals surface area (Å²) >= 11 is 1.37. The number of ether oxygens (including phenoxy) is 1. The molecule has 1 unspecified atom stereocenters. The number of aryl methyl sites for hydroxylation is 1. The highest BCUT2D eigenvalue weighted by molar-refractivity contribution is 7.99. The van der Waals surface area contributed by atoms with Crippen LogP contribution in [-0.4, -0.2) is 44.6 Å². The maximum absolute atomic E-state index is 14.3. The second kappa shape index (κ2) is 8.96. The maximum Gasteiger partial charge on any atom is 0.192 e. The molecule has 8 heteroatoms. The van der Waals surface area contributed by atoms with E-state index in [9.17, 15) is 9.18 Å². The van der Waals surface area contributed by atoms with Crippen LogP contribution in [0.5, 0.6) is 0 Å². The van der Waals surface area contributed by atoms with Crippen molar-refractivity contribution in [2.75, 3.05) is 19.5 Å². The number of hydrogen-bond acceptors (Lipinski definition) is 5. The van der Waals surface area contributed by atoms with Crippen LogP contribution in [0.4, 0.5) is 4.39 Å². The van der Waals surface area contributed by atoms with Crippen molar-refractivity contribution in [1.82, 2.24) is 19.3 Å². The molecule has 164 valence electrons. The fraction of sp³-hybridized carbons (Fsp3) is 0.435. The smallest absolute Gasteiger partial charge is 0.192 e. The Hall–Kier alpha value is -2.45. The molecule has 4 rings (SSSR count). The van der Waals surface area contributed by atoms with Gasteiger partial charge >= 0.3 is 0 Å². The molecule has 1 aromatic carbocycles. The van der Waals surface area contributed by atoms with Gasteiger partial charge in [0.2, 0.25) is 0 Å². The van der Waals surface area contributed by atoms with Crippen molar-refractivity contribution in [3.05, 3.63) is 53.1 Å². The number of halogens is 1. The molecular weight excluding hydrogens is 415 g/mol. The number of Topliss-reactive ketones (excluding diaryl/α,β-unsaturated/α-hetero) is 1. The molecule has 0 aliphatic heterocycles. The second-order valence-corrected chi connectivity index (χ2v) is 9.00. The van der Waals surface area contributed by atoms with Crippen LogP contribution in [-0.2, 0) is 4.74 Å². The topological polar surface area (TPSA) is 61.9 Å². The van der Waals surface area contributed by atoms with E-state index in [2.05, 4.69) is 21.7 Å². The van der Waals surface area contributed by atoms with Gasteiger partial charge in [-0.3, -0.25) is 9.36 Å². The summed E-state index contributed by atoms with van der Waals surface area (Å²) in [5.41, 5.74) is 3.15. The average Bonchev–Trinajstić information content (AvgIpc) is 3.42.